The second kappa shape index (κ2) is 5.30. The second-order valence-corrected chi connectivity index (χ2v) is 7.78. The van der Waals surface area contributed by atoms with E-state index in [1.165, 1.54) is 0 Å². The lowest BCUT2D eigenvalue weighted by Crippen LogP contribution is -2.31. The molecular formula is C11H18BrN3O2S. The molecule has 2 rings (SSSR count). The molecule has 0 aliphatic carbocycles. The van der Waals surface area contributed by atoms with Gasteiger partial charge in [-0.05, 0) is 34.8 Å². The zero-order valence-corrected chi connectivity index (χ0v) is 13.0. The number of aromatic nitrogens is 2. The Balaban J connectivity index is 2.30. The molecule has 5 nitrogen and oxygen atoms in total. The van der Waals surface area contributed by atoms with E-state index in [0.29, 0.717) is 5.75 Å². The molecule has 18 heavy (non-hydrogen) atoms. The van der Waals surface area contributed by atoms with E-state index in [-0.39, 0.29) is 17.7 Å². The third kappa shape index (κ3) is 2.78. The fourth-order valence-electron chi connectivity index (χ4n) is 2.56. The lowest BCUT2D eigenvalue weighted by atomic mass is 9.96. The maximum atomic E-state index is 11.6. The van der Waals surface area contributed by atoms with Crippen LogP contribution in [0.5, 0.6) is 0 Å². The summed E-state index contributed by atoms with van der Waals surface area (Å²) in [4.78, 5) is 0. The number of aryl methyl sites for hydroxylation is 1. The molecule has 2 atom stereocenters. The van der Waals surface area contributed by atoms with Gasteiger partial charge in [-0.3, -0.25) is 4.68 Å². The Morgan fingerprint density at radius 3 is 2.83 bits per heavy atom. The Bertz CT molecular complexity index is 507. The van der Waals surface area contributed by atoms with Crippen LogP contribution in [0.3, 0.4) is 0 Å². The molecule has 0 aromatic carbocycles. The molecule has 0 spiro atoms. The summed E-state index contributed by atoms with van der Waals surface area (Å²) < 4.78 is 26.0. The highest BCUT2D eigenvalue weighted by Crippen LogP contribution is 2.34. The molecule has 0 amide bonds. The molecule has 1 aromatic heterocycles. The molecule has 7 heteroatoms. The van der Waals surface area contributed by atoms with Gasteiger partial charge in [0.05, 0.1) is 33.9 Å². The van der Waals surface area contributed by atoms with Crippen molar-refractivity contribution in [2.75, 3.05) is 18.1 Å². The summed E-state index contributed by atoms with van der Waals surface area (Å²) >= 11 is 3.49. The first kappa shape index (κ1) is 14.0. The first-order chi connectivity index (χ1) is 8.44. The summed E-state index contributed by atoms with van der Waals surface area (Å²) in [6.07, 6.45) is 2.47. The van der Waals surface area contributed by atoms with Gasteiger partial charge in [0.15, 0.2) is 9.84 Å². The van der Waals surface area contributed by atoms with Crippen molar-refractivity contribution in [3.63, 3.8) is 0 Å². The Labute approximate surface area is 116 Å². The fraction of sp³-hybridized carbons (Fsp3) is 0.727. The van der Waals surface area contributed by atoms with Crippen molar-refractivity contribution < 1.29 is 8.42 Å². The van der Waals surface area contributed by atoms with Gasteiger partial charge in [0.2, 0.25) is 0 Å². The monoisotopic (exact) mass is 335 g/mol. The number of nitrogens with one attached hydrogen (secondary N) is 1. The van der Waals surface area contributed by atoms with Crippen LogP contribution in [0.15, 0.2) is 10.7 Å². The molecule has 1 N–H and O–H groups in total. The molecule has 0 saturated carbocycles. The quantitative estimate of drug-likeness (QED) is 0.899. The number of nitrogens with zero attached hydrogens (tertiary/aromatic N) is 2. The molecule has 1 fully saturated rings. The van der Waals surface area contributed by atoms with Crippen molar-refractivity contribution in [3.8, 4) is 0 Å². The van der Waals surface area contributed by atoms with Crippen LogP contribution in [-0.2, 0) is 16.9 Å². The van der Waals surface area contributed by atoms with Crippen molar-refractivity contribution in [3.05, 3.63) is 16.4 Å². The van der Waals surface area contributed by atoms with Gasteiger partial charge < -0.3 is 5.32 Å². The van der Waals surface area contributed by atoms with Crippen LogP contribution in [-0.4, -0.2) is 36.2 Å². The maximum Gasteiger partial charge on any atom is 0.150 e. The van der Waals surface area contributed by atoms with Gasteiger partial charge in [-0.2, -0.15) is 5.10 Å². The second-order valence-electron chi connectivity index (χ2n) is 4.70. The lowest BCUT2D eigenvalue weighted by Gasteiger charge is -2.24. The third-order valence-corrected chi connectivity index (χ3v) is 5.80. The summed E-state index contributed by atoms with van der Waals surface area (Å²) in [6.45, 7) is 2.83. The van der Waals surface area contributed by atoms with E-state index in [1.54, 1.807) is 6.20 Å². The first-order valence-corrected chi connectivity index (χ1v) is 8.67. The largest absolute Gasteiger partial charge is 0.309 e. The van der Waals surface area contributed by atoms with E-state index in [0.717, 1.165) is 23.1 Å². The predicted octanol–water partition coefficient (Wildman–Crippen LogP) is 1.27. The molecule has 1 aromatic rings. The lowest BCUT2D eigenvalue weighted by molar-refractivity contribution is 0.378. The molecule has 0 bridgehead atoms. The van der Waals surface area contributed by atoms with Crippen LogP contribution in [0.4, 0.5) is 0 Å². The summed E-state index contributed by atoms with van der Waals surface area (Å²) in [7, 11) is -0.978. The minimum absolute atomic E-state index is 0.0363. The third-order valence-electron chi connectivity index (χ3n) is 3.40. The average Bonchev–Trinajstić information content (AvgIpc) is 2.80. The van der Waals surface area contributed by atoms with Gasteiger partial charge >= 0.3 is 0 Å². The summed E-state index contributed by atoms with van der Waals surface area (Å²) in [6, 6.07) is 0.0363. The van der Waals surface area contributed by atoms with Crippen molar-refractivity contribution in [2.45, 2.75) is 19.4 Å². The summed E-state index contributed by atoms with van der Waals surface area (Å²) in [5.74, 6) is 0.693. The molecule has 102 valence electrons. The van der Waals surface area contributed by atoms with Crippen molar-refractivity contribution >= 4 is 25.8 Å². The highest BCUT2D eigenvalue weighted by atomic mass is 79.9. The maximum absolute atomic E-state index is 11.6. The minimum Gasteiger partial charge on any atom is -0.309 e. The average molecular weight is 336 g/mol. The van der Waals surface area contributed by atoms with Crippen molar-refractivity contribution in [1.82, 2.24) is 15.1 Å². The zero-order valence-electron chi connectivity index (χ0n) is 10.6. The fourth-order valence-corrected chi connectivity index (χ4v) is 5.00. The van der Waals surface area contributed by atoms with Gasteiger partial charge in [0, 0.05) is 7.05 Å². The van der Waals surface area contributed by atoms with E-state index >= 15 is 0 Å². The van der Waals surface area contributed by atoms with E-state index in [1.807, 2.05) is 18.7 Å². The minimum atomic E-state index is -2.86. The number of halogens is 1. The first-order valence-electron chi connectivity index (χ1n) is 6.06. The molecule has 1 aliphatic rings. The normalized spacial score (nSPS) is 24.3. The molecule has 0 radical (unpaired) electrons. The standard InChI is InChI=1S/C11H18BrN3O2S/c1-3-13-10(8-4-5-18(16,17)7-8)11-9(12)6-14-15(11)2/h6,8,10,13H,3-5,7H2,1-2H3. The molecule has 1 aliphatic heterocycles. The number of sulfone groups is 1. The van der Waals surface area contributed by atoms with Crippen LogP contribution >= 0.6 is 15.9 Å². The van der Waals surface area contributed by atoms with Crippen LogP contribution in [0.1, 0.15) is 25.1 Å². The smallest absolute Gasteiger partial charge is 0.150 e. The summed E-state index contributed by atoms with van der Waals surface area (Å²) in [5, 5.41) is 7.60. The van der Waals surface area contributed by atoms with Crippen LogP contribution in [0, 0.1) is 5.92 Å². The van der Waals surface area contributed by atoms with Gasteiger partial charge in [-0.1, -0.05) is 6.92 Å². The molecular weight excluding hydrogens is 318 g/mol. The van der Waals surface area contributed by atoms with Gasteiger partial charge in [0.25, 0.3) is 0 Å². The van der Waals surface area contributed by atoms with E-state index in [2.05, 4.69) is 26.3 Å². The predicted molar refractivity (Wildman–Crippen MR) is 74.1 cm³/mol. The SMILES string of the molecule is CCNC(c1c(Br)cnn1C)C1CCS(=O)(=O)C1. The Morgan fingerprint density at radius 1 is 1.67 bits per heavy atom. The van der Waals surface area contributed by atoms with Crippen LogP contribution in [0.25, 0.3) is 0 Å². The zero-order chi connectivity index (χ0) is 13.3. The van der Waals surface area contributed by atoms with Gasteiger partial charge in [-0.25, -0.2) is 8.42 Å². The number of rotatable bonds is 4. The summed E-state index contributed by atoms with van der Waals surface area (Å²) in [5.41, 5.74) is 1.03. The Hall–Kier alpha value is -0.400. The van der Waals surface area contributed by atoms with E-state index in [4.69, 9.17) is 0 Å². The van der Waals surface area contributed by atoms with Gasteiger partial charge in [-0.15, -0.1) is 0 Å². The van der Waals surface area contributed by atoms with Crippen LogP contribution in [0.2, 0.25) is 0 Å². The Kier molecular flexibility index (Phi) is 4.13. The van der Waals surface area contributed by atoms with Crippen molar-refractivity contribution in [1.29, 1.82) is 0 Å². The van der Waals surface area contributed by atoms with E-state index in [9.17, 15) is 8.42 Å². The molecule has 1 saturated heterocycles. The molecule has 2 heterocycles. The van der Waals surface area contributed by atoms with E-state index < -0.39 is 9.84 Å². The number of hydrogen-bond donors (Lipinski definition) is 1. The Morgan fingerprint density at radius 2 is 2.39 bits per heavy atom. The van der Waals surface area contributed by atoms with Crippen LogP contribution < -0.4 is 5.32 Å². The van der Waals surface area contributed by atoms with Gasteiger partial charge in [0.1, 0.15) is 0 Å². The molecule has 2 unspecified atom stereocenters. The van der Waals surface area contributed by atoms with Crippen molar-refractivity contribution in [2.24, 2.45) is 13.0 Å². The topological polar surface area (TPSA) is 64.0 Å². The highest BCUT2D eigenvalue weighted by Gasteiger charge is 2.36. The highest BCUT2D eigenvalue weighted by molar-refractivity contribution is 9.10. The number of hydrogen-bond acceptors (Lipinski definition) is 4.